The van der Waals surface area contributed by atoms with Crippen molar-refractivity contribution in [2.24, 2.45) is 0 Å². The normalized spacial score (nSPS) is 12.9. The molecule has 0 saturated heterocycles. The van der Waals surface area contributed by atoms with E-state index in [1.165, 1.54) is 4.88 Å². The van der Waals surface area contributed by atoms with E-state index in [-0.39, 0.29) is 6.79 Å². The van der Waals surface area contributed by atoms with Gasteiger partial charge in [-0.25, -0.2) is 0 Å². The van der Waals surface area contributed by atoms with Crippen molar-refractivity contribution in [2.75, 3.05) is 6.79 Å². The Morgan fingerprint density at radius 2 is 2.10 bits per heavy atom. The molecule has 0 radical (unpaired) electrons. The number of hydrogen-bond donors (Lipinski definition) is 1. The molecular weight excluding hydrogens is 286 g/mol. The first kappa shape index (κ1) is 14.2. The van der Waals surface area contributed by atoms with Gasteiger partial charge >= 0.3 is 0 Å². The predicted octanol–water partition coefficient (Wildman–Crippen LogP) is 3.55. The molecule has 2 heterocycles. The number of rotatable bonds is 6. The Kier molecular flexibility index (Phi) is 4.31. The number of benzene rings is 1. The molecule has 0 aliphatic carbocycles. The van der Waals surface area contributed by atoms with Crippen LogP contribution in [0.25, 0.3) is 0 Å². The zero-order valence-corrected chi connectivity index (χ0v) is 13.0. The van der Waals surface area contributed by atoms with Gasteiger partial charge in [0.2, 0.25) is 6.79 Å². The Morgan fingerprint density at radius 3 is 2.81 bits per heavy atom. The minimum absolute atomic E-state index is 0.279. The van der Waals surface area contributed by atoms with Crippen LogP contribution in [0.2, 0.25) is 0 Å². The molecule has 21 heavy (non-hydrogen) atoms. The van der Waals surface area contributed by atoms with Gasteiger partial charge in [-0.1, -0.05) is 19.9 Å². The molecule has 112 valence electrons. The van der Waals surface area contributed by atoms with Crippen molar-refractivity contribution < 1.29 is 14.2 Å². The minimum Gasteiger partial charge on any atom is -0.488 e. The van der Waals surface area contributed by atoms with Gasteiger partial charge in [-0.05, 0) is 17.5 Å². The topological polar surface area (TPSA) is 39.7 Å². The average Bonchev–Trinajstić information content (AvgIpc) is 3.12. The minimum atomic E-state index is 0.279. The molecular formula is C16H19NO3S. The molecule has 3 rings (SSSR count). The lowest BCUT2D eigenvalue weighted by molar-refractivity contribution is 0.173. The van der Waals surface area contributed by atoms with Crippen molar-refractivity contribution >= 4 is 11.3 Å². The van der Waals surface area contributed by atoms with Crippen molar-refractivity contribution in [1.29, 1.82) is 0 Å². The molecule has 0 spiro atoms. The summed E-state index contributed by atoms with van der Waals surface area (Å²) in [6.07, 6.45) is 0. The second-order valence-electron chi connectivity index (χ2n) is 5.22. The third-order valence-electron chi connectivity index (χ3n) is 3.21. The van der Waals surface area contributed by atoms with Gasteiger partial charge < -0.3 is 19.5 Å². The highest BCUT2D eigenvalue weighted by Crippen LogP contribution is 2.38. The highest BCUT2D eigenvalue weighted by atomic mass is 32.1. The molecule has 1 aliphatic heterocycles. The molecule has 1 N–H and O–H groups in total. The maximum Gasteiger partial charge on any atom is 0.231 e. The maximum atomic E-state index is 5.97. The molecule has 0 bridgehead atoms. The van der Waals surface area contributed by atoms with Gasteiger partial charge in [-0.3, -0.25) is 0 Å². The zero-order valence-electron chi connectivity index (χ0n) is 12.2. The van der Waals surface area contributed by atoms with Crippen molar-refractivity contribution in [3.8, 4) is 17.2 Å². The van der Waals surface area contributed by atoms with E-state index in [9.17, 15) is 0 Å². The number of thiophene rings is 1. The Morgan fingerprint density at radius 1 is 1.29 bits per heavy atom. The van der Waals surface area contributed by atoms with Gasteiger partial charge in [-0.15, -0.1) is 11.3 Å². The van der Waals surface area contributed by atoms with Crippen LogP contribution in [0.4, 0.5) is 0 Å². The van der Waals surface area contributed by atoms with Crippen LogP contribution in [0.5, 0.6) is 17.2 Å². The van der Waals surface area contributed by atoms with E-state index in [4.69, 9.17) is 14.2 Å². The summed E-state index contributed by atoms with van der Waals surface area (Å²) in [5, 5.41) is 5.47. The van der Waals surface area contributed by atoms with Gasteiger partial charge in [0, 0.05) is 29.1 Å². The molecule has 0 saturated carbocycles. The second kappa shape index (κ2) is 6.37. The summed E-state index contributed by atoms with van der Waals surface area (Å²) in [6, 6.07) is 8.45. The summed E-state index contributed by atoms with van der Waals surface area (Å²) >= 11 is 1.70. The van der Waals surface area contributed by atoms with Gasteiger partial charge in [0.15, 0.2) is 11.5 Å². The summed E-state index contributed by atoms with van der Waals surface area (Å²) in [6.45, 7) is 5.85. The molecule has 5 heteroatoms. The lowest BCUT2D eigenvalue weighted by atomic mass is 10.1. The molecule has 4 nitrogen and oxygen atoms in total. The first-order valence-electron chi connectivity index (χ1n) is 7.03. The fraction of sp³-hybridized carbons (Fsp3) is 0.375. The van der Waals surface area contributed by atoms with Crippen molar-refractivity contribution in [3.63, 3.8) is 0 Å². The van der Waals surface area contributed by atoms with Crippen molar-refractivity contribution in [2.45, 2.75) is 33.0 Å². The third kappa shape index (κ3) is 3.49. The molecule has 1 aromatic heterocycles. The van der Waals surface area contributed by atoms with Crippen molar-refractivity contribution in [1.82, 2.24) is 5.32 Å². The van der Waals surface area contributed by atoms with Gasteiger partial charge in [0.05, 0.1) is 0 Å². The van der Waals surface area contributed by atoms with Crippen LogP contribution >= 0.6 is 11.3 Å². The molecule has 0 amide bonds. The smallest absolute Gasteiger partial charge is 0.231 e. The molecule has 0 unspecified atom stereocenters. The van der Waals surface area contributed by atoms with E-state index >= 15 is 0 Å². The second-order valence-corrected chi connectivity index (χ2v) is 6.25. The Hall–Kier alpha value is -1.72. The summed E-state index contributed by atoms with van der Waals surface area (Å²) in [5.74, 6) is 2.39. The SMILES string of the molecule is CC(C)NCc1cc2c(cc1OCc1cccs1)OCO2. The monoisotopic (exact) mass is 305 g/mol. The largest absolute Gasteiger partial charge is 0.488 e. The average molecular weight is 305 g/mol. The number of fused-ring (bicyclic) bond motifs is 1. The highest BCUT2D eigenvalue weighted by Gasteiger charge is 2.18. The number of hydrogen-bond acceptors (Lipinski definition) is 5. The first-order chi connectivity index (χ1) is 10.2. The number of nitrogens with one attached hydrogen (secondary N) is 1. The van der Waals surface area contributed by atoms with Crippen molar-refractivity contribution in [3.05, 3.63) is 40.1 Å². The number of ether oxygens (including phenoxy) is 3. The summed E-state index contributed by atoms with van der Waals surface area (Å²) in [7, 11) is 0. The summed E-state index contributed by atoms with van der Waals surface area (Å²) in [5.41, 5.74) is 1.09. The van der Waals surface area contributed by atoms with Crippen LogP contribution in [-0.4, -0.2) is 12.8 Å². The van der Waals surface area contributed by atoms with Crippen LogP contribution in [0.15, 0.2) is 29.6 Å². The first-order valence-corrected chi connectivity index (χ1v) is 7.91. The zero-order chi connectivity index (χ0) is 14.7. The lowest BCUT2D eigenvalue weighted by Crippen LogP contribution is -2.22. The molecule has 2 aromatic rings. The molecule has 0 atom stereocenters. The van der Waals surface area contributed by atoms with Crippen LogP contribution in [0.3, 0.4) is 0 Å². The van der Waals surface area contributed by atoms with Gasteiger partial charge in [0.25, 0.3) is 0 Å². The van der Waals surface area contributed by atoms with Crippen LogP contribution in [0.1, 0.15) is 24.3 Å². The predicted molar refractivity (Wildman–Crippen MR) is 83.2 cm³/mol. The summed E-state index contributed by atoms with van der Waals surface area (Å²) in [4.78, 5) is 1.20. The van der Waals surface area contributed by atoms with E-state index in [2.05, 4.69) is 30.6 Å². The highest BCUT2D eigenvalue weighted by molar-refractivity contribution is 7.09. The van der Waals surface area contributed by atoms with E-state index in [1.54, 1.807) is 11.3 Å². The fourth-order valence-electron chi connectivity index (χ4n) is 2.10. The lowest BCUT2D eigenvalue weighted by Gasteiger charge is -2.14. The van der Waals surface area contributed by atoms with Crippen LogP contribution < -0.4 is 19.5 Å². The van der Waals surface area contributed by atoms with Crippen LogP contribution in [0, 0.1) is 0 Å². The quantitative estimate of drug-likeness (QED) is 0.886. The standard InChI is InChI=1S/C16H19NO3S/c1-11(2)17-8-12-6-15-16(20-10-19-15)7-14(12)18-9-13-4-3-5-21-13/h3-7,11,17H,8-10H2,1-2H3. The van der Waals surface area contributed by atoms with E-state index in [1.807, 2.05) is 18.2 Å². The molecule has 1 aromatic carbocycles. The summed E-state index contributed by atoms with van der Waals surface area (Å²) < 4.78 is 16.9. The Labute approximate surface area is 128 Å². The van der Waals surface area contributed by atoms with Crippen LogP contribution in [-0.2, 0) is 13.2 Å². The Balaban J connectivity index is 1.78. The molecule has 1 aliphatic rings. The van der Waals surface area contributed by atoms with E-state index in [0.29, 0.717) is 12.6 Å². The Bertz CT molecular complexity index is 596. The fourth-order valence-corrected chi connectivity index (χ4v) is 2.71. The van der Waals surface area contributed by atoms with E-state index < -0.39 is 0 Å². The van der Waals surface area contributed by atoms with E-state index in [0.717, 1.165) is 29.4 Å². The maximum absolute atomic E-state index is 5.97. The van der Waals surface area contributed by atoms with Gasteiger partial charge in [-0.2, -0.15) is 0 Å². The third-order valence-corrected chi connectivity index (χ3v) is 4.06. The molecule has 0 fully saturated rings. The van der Waals surface area contributed by atoms with Gasteiger partial charge in [0.1, 0.15) is 12.4 Å².